The smallest absolute Gasteiger partial charge is 0.325 e. The zero-order chi connectivity index (χ0) is 11.8. The molecule has 16 heavy (non-hydrogen) atoms. The number of ether oxygens (including phenoxy) is 1. The van der Waals surface area contributed by atoms with Gasteiger partial charge in [-0.15, -0.1) is 0 Å². The standard InChI is InChI=1S/C13H21NO2/c1-13(2,12(15)16-3)14-8-11-7-9-4-5-10(11)6-9/h4-5,9-11,14H,6-8H2,1-3H3. The molecule has 0 aromatic heterocycles. The van der Waals surface area contributed by atoms with Crippen molar-refractivity contribution in [3.05, 3.63) is 12.2 Å². The molecule has 1 N–H and O–H groups in total. The molecule has 1 saturated carbocycles. The highest BCUT2D eigenvalue weighted by molar-refractivity contribution is 5.79. The number of hydrogen-bond donors (Lipinski definition) is 1. The van der Waals surface area contributed by atoms with Gasteiger partial charge in [-0.05, 0) is 51.0 Å². The Bertz CT molecular complexity index is 309. The molecule has 3 unspecified atom stereocenters. The van der Waals surface area contributed by atoms with Gasteiger partial charge in [-0.1, -0.05) is 12.2 Å². The first-order valence-corrected chi connectivity index (χ1v) is 6.04. The van der Waals surface area contributed by atoms with E-state index in [1.54, 1.807) is 0 Å². The number of esters is 1. The van der Waals surface area contributed by atoms with E-state index in [4.69, 9.17) is 4.74 Å². The first-order chi connectivity index (χ1) is 7.53. The summed E-state index contributed by atoms with van der Waals surface area (Å²) in [6, 6.07) is 0. The van der Waals surface area contributed by atoms with Crippen molar-refractivity contribution < 1.29 is 9.53 Å². The molecule has 2 bridgehead atoms. The monoisotopic (exact) mass is 223 g/mol. The Morgan fingerprint density at radius 1 is 1.44 bits per heavy atom. The SMILES string of the molecule is COC(=O)C(C)(C)NCC1CC2C=CC1C2. The number of carbonyl (C=O) groups excluding carboxylic acids is 1. The highest BCUT2D eigenvalue weighted by Crippen LogP contribution is 2.43. The Hall–Kier alpha value is -0.830. The fourth-order valence-electron chi connectivity index (χ4n) is 2.84. The van der Waals surface area contributed by atoms with E-state index < -0.39 is 5.54 Å². The number of methoxy groups -OCH3 is 1. The predicted molar refractivity (Wildman–Crippen MR) is 62.9 cm³/mol. The molecular formula is C13H21NO2. The van der Waals surface area contributed by atoms with Crippen molar-refractivity contribution in [2.24, 2.45) is 17.8 Å². The summed E-state index contributed by atoms with van der Waals surface area (Å²) in [7, 11) is 1.44. The molecule has 0 amide bonds. The molecule has 0 aromatic carbocycles. The summed E-state index contributed by atoms with van der Waals surface area (Å²) in [6.45, 7) is 4.66. The lowest BCUT2D eigenvalue weighted by Gasteiger charge is -2.27. The minimum Gasteiger partial charge on any atom is -0.468 e. The second kappa shape index (κ2) is 4.21. The summed E-state index contributed by atoms with van der Waals surface area (Å²) in [6.07, 6.45) is 7.26. The van der Waals surface area contributed by atoms with Crippen LogP contribution in [0.1, 0.15) is 26.7 Å². The van der Waals surface area contributed by atoms with Crippen LogP contribution in [0.2, 0.25) is 0 Å². The van der Waals surface area contributed by atoms with Gasteiger partial charge < -0.3 is 10.1 Å². The summed E-state index contributed by atoms with van der Waals surface area (Å²) >= 11 is 0. The minimum absolute atomic E-state index is 0.189. The van der Waals surface area contributed by atoms with E-state index in [0.717, 1.165) is 18.4 Å². The molecule has 3 nitrogen and oxygen atoms in total. The van der Waals surface area contributed by atoms with Crippen LogP contribution in [-0.2, 0) is 9.53 Å². The molecule has 90 valence electrons. The maximum atomic E-state index is 11.5. The predicted octanol–water partition coefficient (Wildman–Crippen LogP) is 1.74. The third kappa shape index (κ3) is 2.14. The second-order valence-corrected chi connectivity index (χ2v) is 5.54. The fraction of sp³-hybridized carbons (Fsp3) is 0.769. The molecule has 3 atom stereocenters. The van der Waals surface area contributed by atoms with Gasteiger partial charge in [0.25, 0.3) is 0 Å². The Kier molecular flexibility index (Phi) is 3.06. The van der Waals surface area contributed by atoms with E-state index >= 15 is 0 Å². The van der Waals surface area contributed by atoms with Crippen LogP contribution < -0.4 is 5.32 Å². The Labute approximate surface area is 97.2 Å². The molecule has 0 heterocycles. The Morgan fingerprint density at radius 2 is 2.19 bits per heavy atom. The molecular weight excluding hydrogens is 202 g/mol. The average molecular weight is 223 g/mol. The molecule has 2 rings (SSSR count). The third-order valence-corrected chi connectivity index (χ3v) is 3.92. The van der Waals surface area contributed by atoms with Gasteiger partial charge in [0.15, 0.2) is 0 Å². The summed E-state index contributed by atoms with van der Waals surface area (Å²) < 4.78 is 4.78. The van der Waals surface area contributed by atoms with Crippen molar-refractivity contribution in [2.45, 2.75) is 32.2 Å². The van der Waals surface area contributed by atoms with Gasteiger partial charge in [0.1, 0.15) is 5.54 Å². The lowest BCUT2D eigenvalue weighted by atomic mass is 9.92. The van der Waals surface area contributed by atoms with E-state index in [0.29, 0.717) is 5.92 Å². The molecule has 0 aromatic rings. The lowest BCUT2D eigenvalue weighted by Crippen LogP contribution is -2.49. The molecule has 0 spiro atoms. The minimum atomic E-state index is -0.569. The zero-order valence-corrected chi connectivity index (χ0v) is 10.3. The highest BCUT2D eigenvalue weighted by Gasteiger charge is 2.37. The lowest BCUT2D eigenvalue weighted by molar-refractivity contribution is -0.147. The van der Waals surface area contributed by atoms with Gasteiger partial charge in [-0.3, -0.25) is 4.79 Å². The summed E-state index contributed by atoms with van der Waals surface area (Å²) in [5.41, 5.74) is -0.569. The van der Waals surface area contributed by atoms with Crippen molar-refractivity contribution in [1.82, 2.24) is 5.32 Å². The fourth-order valence-corrected chi connectivity index (χ4v) is 2.84. The van der Waals surface area contributed by atoms with Crippen LogP contribution in [0, 0.1) is 17.8 Å². The van der Waals surface area contributed by atoms with Crippen LogP contribution >= 0.6 is 0 Å². The van der Waals surface area contributed by atoms with Crippen LogP contribution in [-0.4, -0.2) is 25.2 Å². The maximum absolute atomic E-state index is 11.5. The van der Waals surface area contributed by atoms with Gasteiger partial charge in [-0.2, -0.15) is 0 Å². The number of allylic oxidation sites excluding steroid dienone is 2. The van der Waals surface area contributed by atoms with Gasteiger partial charge in [0.05, 0.1) is 7.11 Å². The van der Waals surface area contributed by atoms with Crippen LogP contribution in [0.4, 0.5) is 0 Å². The number of nitrogens with one attached hydrogen (secondary N) is 1. The molecule has 2 aliphatic rings. The van der Waals surface area contributed by atoms with Crippen LogP contribution in [0.15, 0.2) is 12.2 Å². The molecule has 1 fully saturated rings. The number of rotatable bonds is 4. The summed E-state index contributed by atoms with van der Waals surface area (Å²) in [5.74, 6) is 2.02. The Morgan fingerprint density at radius 3 is 2.69 bits per heavy atom. The molecule has 0 aliphatic heterocycles. The van der Waals surface area contributed by atoms with Crippen LogP contribution in [0.25, 0.3) is 0 Å². The zero-order valence-electron chi connectivity index (χ0n) is 10.3. The topological polar surface area (TPSA) is 38.3 Å². The van der Waals surface area contributed by atoms with Crippen molar-refractivity contribution in [3.8, 4) is 0 Å². The van der Waals surface area contributed by atoms with Crippen molar-refractivity contribution >= 4 is 5.97 Å². The first-order valence-electron chi connectivity index (χ1n) is 6.04. The van der Waals surface area contributed by atoms with E-state index in [9.17, 15) is 4.79 Å². The van der Waals surface area contributed by atoms with Crippen LogP contribution in [0.3, 0.4) is 0 Å². The Balaban J connectivity index is 1.84. The number of hydrogen-bond acceptors (Lipinski definition) is 3. The summed E-state index contributed by atoms with van der Waals surface area (Å²) in [4.78, 5) is 11.5. The number of carbonyl (C=O) groups is 1. The quantitative estimate of drug-likeness (QED) is 0.583. The van der Waals surface area contributed by atoms with E-state index in [1.807, 2.05) is 13.8 Å². The number of fused-ring (bicyclic) bond motifs is 2. The van der Waals surface area contributed by atoms with Crippen molar-refractivity contribution in [3.63, 3.8) is 0 Å². The van der Waals surface area contributed by atoms with Crippen molar-refractivity contribution in [2.75, 3.05) is 13.7 Å². The largest absolute Gasteiger partial charge is 0.468 e. The van der Waals surface area contributed by atoms with E-state index in [1.165, 1.54) is 20.0 Å². The second-order valence-electron chi connectivity index (χ2n) is 5.54. The maximum Gasteiger partial charge on any atom is 0.325 e. The molecule has 0 radical (unpaired) electrons. The average Bonchev–Trinajstić information content (AvgIpc) is 2.86. The molecule has 3 heteroatoms. The van der Waals surface area contributed by atoms with Gasteiger partial charge in [0.2, 0.25) is 0 Å². The molecule has 2 aliphatic carbocycles. The highest BCUT2D eigenvalue weighted by atomic mass is 16.5. The molecule has 0 saturated heterocycles. The van der Waals surface area contributed by atoms with E-state index in [-0.39, 0.29) is 5.97 Å². The van der Waals surface area contributed by atoms with E-state index in [2.05, 4.69) is 17.5 Å². The normalized spacial score (nSPS) is 32.1. The van der Waals surface area contributed by atoms with Crippen molar-refractivity contribution in [1.29, 1.82) is 0 Å². The summed E-state index contributed by atoms with van der Waals surface area (Å²) in [5, 5.41) is 3.33. The van der Waals surface area contributed by atoms with Crippen LogP contribution in [0.5, 0.6) is 0 Å². The van der Waals surface area contributed by atoms with Gasteiger partial charge >= 0.3 is 5.97 Å². The van der Waals surface area contributed by atoms with Gasteiger partial charge in [-0.25, -0.2) is 0 Å². The first kappa shape index (κ1) is 11.6. The third-order valence-electron chi connectivity index (χ3n) is 3.92. The van der Waals surface area contributed by atoms with Gasteiger partial charge in [0, 0.05) is 0 Å².